The molecule has 1 aromatic rings. The van der Waals surface area contributed by atoms with E-state index >= 15 is 0 Å². The predicted molar refractivity (Wildman–Crippen MR) is 75.1 cm³/mol. The van der Waals surface area contributed by atoms with Crippen molar-refractivity contribution in [3.63, 3.8) is 0 Å². The molecule has 0 bridgehead atoms. The summed E-state index contributed by atoms with van der Waals surface area (Å²) in [6, 6.07) is 9.15. The molecule has 0 aromatic heterocycles. The molecule has 0 aliphatic heterocycles. The van der Waals surface area contributed by atoms with Crippen LogP contribution in [0.25, 0.3) is 0 Å². The molecule has 0 aliphatic carbocycles. The molecule has 0 heterocycles. The van der Waals surface area contributed by atoms with Crippen LogP contribution in [-0.2, 0) is 12.0 Å². The third-order valence-electron chi connectivity index (χ3n) is 2.93. The molecule has 1 aromatic carbocycles. The Kier molecular flexibility index (Phi) is 5.16. The van der Waals surface area contributed by atoms with Crippen LogP contribution < -0.4 is 11.1 Å². The molecule has 0 amide bonds. The van der Waals surface area contributed by atoms with Crippen molar-refractivity contribution in [2.45, 2.75) is 52.1 Å². The summed E-state index contributed by atoms with van der Waals surface area (Å²) >= 11 is 0. The first-order valence-electron chi connectivity index (χ1n) is 6.45. The molecule has 3 N–H and O–H groups in total. The Bertz CT molecular complexity index is 320. The van der Waals surface area contributed by atoms with Crippen LogP contribution in [0.4, 0.5) is 0 Å². The minimum atomic E-state index is 0.237. The SMILES string of the molecule is CC(N)CCNCc1ccc(C(C)(C)C)cc1. The van der Waals surface area contributed by atoms with Crippen LogP contribution in [0, 0.1) is 0 Å². The Hall–Kier alpha value is -0.860. The van der Waals surface area contributed by atoms with Gasteiger partial charge in [-0.1, -0.05) is 45.0 Å². The van der Waals surface area contributed by atoms with Gasteiger partial charge in [0.15, 0.2) is 0 Å². The van der Waals surface area contributed by atoms with Gasteiger partial charge in [0, 0.05) is 12.6 Å². The van der Waals surface area contributed by atoms with Crippen LogP contribution in [0.15, 0.2) is 24.3 Å². The van der Waals surface area contributed by atoms with Crippen molar-refractivity contribution in [2.24, 2.45) is 5.73 Å². The minimum Gasteiger partial charge on any atom is -0.328 e. The molecule has 0 fully saturated rings. The van der Waals surface area contributed by atoms with Gasteiger partial charge in [-0.2, -0.15) is 0 Å². The van der Waals surface area contributed by atoms with Crippen LogP contribution in [0.2, 0.25) is 0 Å². The summed E-state index contributed by atoms with van der Waals surface area (Å²) in [5.74, 6) is 0. The van der Waals surface area contributed by atoms with Crippen molar-refractivity contribution < 1.29 is 0 Å². The van der Waals surface area contributed by atoms with Crippen LogP contribution in [0.3, 0.4) is 0 Å². The minimum absolute atomic E-state index is 0.237. The van der Waals surface area contributed by atoms with Crippen LogP contribution in [0.1, 0.15) is 45.2 Å². The lowest BCUT2D eigenvalue weighted by Crippen LogP contribution is -2.23. The Morgan fingerprint density at radius 3 is 2.24 bits per heavy atom. The molecule has 0 saturated carbocycles. The van der Waals surface area contributed by atoms with Gasteiger partial charge in [0.2, 0.25) is 0 Å². The topological polar surface area (TPSA) is 38.0 Å². The number of nitrogens with two attached hydrogens (primary N) is 1. The molecule has 0 spiro atoms. The highest BCUT2D eigenvalue weighted by Crippen LogP contribution is 2.22. The number of nitrogens with one attached hydrogen (secondary N) is 1. The molecule has 0 radical (unpaired) electrons. The number of hydrogen-bond donors (Lipinski definition) is 2. The highest BCUT2D eigenvalue weighted by molar-refractivity contribution is 5.27. The van der Waals surface area contributed by atoms with E-state index in [1.54, 1.807) is 0 Å². The molecular formula is C15H26N2. The zero-order chi connectivity index (χ0) is 12.9. The van der Waals surface area contributed by atoms with E-state index in [2.05, 4.69) is 50.4 Å². The van der Waals surface area contributed by atoms with E-state index in [1.807, 2.05) is 6.92 Å². The fourth-order valence-corrected chi connectivity index (χ4v) is 1.69. The number of benzene rings is 1. The predicted octanol–water partition coefficient (Wildman–Crippen LogP) is 2.81. The van der Waals surface area contributed by atoms with Crippen LogP contribution in [0.5, 0.6) is 0 Å². The lowest BCUT2D eigenvalue weighted by atomic mass is 9.87. The first-order chi connectivity index (χ1) is 7.89. The van der Waals surface area contributed by atoms with Crippen molar-refractivity contribution in [3.05, 3.63) is 35.4 Å². The van der Waals surface area contributed by atoms with Crippen molar-refractivity contribution in [3.8, 4) is 0 Å². The molecule has 1 atom stereocenters. The molecule has 1 rings (SSSR count). The summed E-state index contributed by atoms with van der Waals surface area (Å²) in [6.45, 7) is 10.7. The van der Waals surface area contributed by atoms with Crippen molar-refractivity contribution in [2.75, 3.05) is 6.54 Å². The van der Waals surface area contributed by atoms with E-state index in [-0.39, 0.29) is 11.5 Å². The second kappa shape index (κ2) is 6.18. The average molecular weight is 234 g/mol. The van der Waals surface area contributed by atoms with Crippen molar-refractivity contribution in [1.82, 2.24) is 5.32 Å². The molecule has 1 unspecified atom stereocenters. The van der Waals surface area contributed by atoms with E-state index in [0.29, 0.717) is 0 Å². The Morgan fingerprint density at radius 2 is 1.76 bits per heavy atom. The average Bonchev–Trinajstić information content (AvgIpc) is 2.23. The van der Waals surface area contributed by atoms with Gasteiger partial charge < -0.3 is 11.1 Å². The van der Waals surface area contributed by atoms with Gasteiger partial charge in [-0.15, -0.1) is 0 Å². The zero-order valence-corrected chi connectivity index (χ0v) is 11.6. The first-order valence-corrected chi connectivity index (χ1v) is 6.45. The Morgan fingerprint density at radius 1 is 1.18 bits per heavy atom. The van der Waals surface area contributed by atoms with Gasteiger partial charge >= 0.3 is 0 Å². The van der Waals surface area contributed by atoms with Crippen LogP contribution >= 0.6 is 0 Å². The molecule has 0 saturated heterocycles. The Labute approximate surface area is 106 Å². The third-order valence-corrected chi connectivity index (χ3v) is 2.93. The fraction of sp³-hybridized carbons (Fsp3) is 0.600. The molecule has 0 aliphatic rings. The van der Waals surface area contributed by atoms with E-state index < -0.39 is 0 Å². The van der Waals surface area contributed by atoms with Gasteiger partial charge in [0.1, 0.15) is 0 Å². The summed E-state index contributed by atoms with van der Waals surface area (Å²) in [4.78, 5) is 0. The molecule has 2 nitrogen and oxygen atoms in total. The monoisotopic (exact) mass is 234 g/mol. The molecular weight excluding hydrogens is 208 g/mol. The van der Waals surface area contributed by atoms with E-state index in [9.17, 15) is 0 Å². The van der Waals surface area contributed by atoms with E-state index in [0.717, 1.165) is 19.5 Å². The summed E-state index contributed by atoms with van der Waals surface area (Å²) in [6.07, 6.45) is 1.03. The van der Waals surface area contributed by atoms with Crippen LogP contribution in [-0.4, -0.2) is 12.6 Å². The second-order valence-electron chi connectivity index (χ2n) is 5.89. The van der Waals surface area contributed by atoms with E-state index in [4.69, 9.17) is 5.73 Å². The van der Waals surface area contributed by atoms with Gasteiger partial charge in [-0.25, -0.2) is 0 Å². The highest BCUT2D eigenvalue weighted by Gasteiger charge is 2.12. The van der Waals surface area contributed by atoms with Gasteiger partial charge in [-0.3, -0.25) is 0 Å². The largest absolute Gasteiger partial charge is 0.328 e. The maximum absolute atomic E-state index is 5.70. The third kappa shape index (κ3) is 5.33. The fourth-order valence-electron chi connectivity index (χ4n) is 1.69. The van der Waals surface area contributed by atoms with Gasteiger partial charge in [0.05, 0.1) is 0 Å². The first kappa shape index (κ1) is 14.2. The standard InChI is InChI=1S/C15H26N2/c1-12(16)9-10-17-11-13-5-7-14(8-6-13)15(2,3)4/h5-8,12,17H,9-11,16H2,1-4H3. The lowest BCUT2D eigenvalue weighted by Gasteiger charge is -2.19. The maximum atomic E-state index is 5.70. The summed E-state index contributed by atoms with van der Waals surface area (Å²) in [5.41, 5.74) is 8.66. The smallest absolute Gasteiger partial charge is 0.0205 e. The van der Waals surface area contributed by atoms with Gasteiger partial charge in [0.25, 0.3) is 0 Å². The van der Waals surface area contributed by atoms with Crippen molar-refractivity contribution in [1.29, 1.82) is 0 Å². The zero-order valence-electron chi connectivity index (χ0n) is 11.6. The second-order valence-corrected chi connectivity index (χ2v) is 5.89. The summed E-state index contributed by atoms with van der Waals surface area (Å²) in [7, 11) is 0. The number of hydrogen-bond acceptors (Lipinski definition) is 2. The number of rotatable bonds is 5. The van der Waals surface area contributed by atoms with Crippen molar-refractivity contribution >= 4 is 0 Å². The Balaban J connectivity index is 2.41. The molecule has 96 valence electrons. The maximum Gasteiger partial charge on any atom is 0.0205 e. The summed E-state index contributed by atoms with van der Waals surface area (Å²) < 4.78 is 0. The highest BCUT2D eigenvalue weighted by atomic mass is 14.9. The summed E-state index contributed by atoms with van der Waals surface area (Å²) in [5, 5.41) is 3.41. The quantitative estimate of drug-likeness (QED) is 0.769. The van der Waals surface area contributed by atoms with E-state index in [1.165, 1.54) is 11.1 Å². The molecule has 2 heteroatoms. The van der Waals surface area contributed by atoms with Gasteiger partial charge in [-0.05, 0) is 36.4 Å². The molecule has 17 heavy (non-hydrogen) atoms. The lowest BCUT2D eigenvalue weighted by molar-refractivity contribution is 0.583. The normalized spacial score (nSPS) is 13.7.